The number of aromatic nitrogens is 1. The summed E-state index contributed by atoms with van der Waals surface area (Å²) >= 11 is 0. The van der Waals surface area contributed by atoms with E-state index in [1.165, 1.54) is 0 Å². The Hall–Kier alpha value is -1.62. The number of pyridine rings is 1. The van der Waals surface area contributed by atoms with Crippen molar-refractivity contribution in [2.45, 2.75) is 19.8 Å². The maximum absolute atomic E-state index is 11.8. The fraction of sp³-hybridized carbons (Fsp3) is 0.571. The molecule has 106 valence electrons. The van der Waals surface area contributed by atoms with Gasteiger partial charge in [-0.3, -0.25) is 9.78 Å². The number of hydrogen-bond acceptors (Lipinski definition) is 4. The van der Waals surface area contributed by atoms with Crippen LogP contribution in [-0.2, 0) is 0 Å². The van der Waals surface area contributed by atoms with Crippen LogP contribution in [-0.4, -0.2) is 49.5 Å². The summed E-state index contributed by atoms with van der Waals surface area (Å²) in [6.45, 7) is 4.64. The van der Waals surface area contributed by atoms with Gasteiger partial charge in [0.05, 0.1) is 11.3 Å². The lowest BCUT2D eigenvalue weighted by Crippen LogP contribution is -2.24. The molecule has 0 aliphatic carbocycles. The summed E-state index contributed by atoms with van der Waals surface area (Å²) in [6, 6.07) is 1.84. The van der Waals surface area contributed by atoms with Crippen LogP contribution < -0.4 is 10.6 Å². The number of nitrogens with one attached hydrogen (secondary N) is 2. The van der Waals surface area contributed by atoms with Crippen molar-refractivity contribution in [1.82, 2.24) is 15.2 Å². The van der Waals surface area contributed by atoms with E-state index in [4.69, 9.17) is 0 Å². The van der Waals surface area contributed by atoms with Gasteiger partial charge in [0.15, 0.2) is 0 Å². The molecule has 0 spiro atoms. The molecule has 1 amide bonds. The third kappa shape index (κ3) is 6.20. The van der Waals surface area contributed by atoms with Crippen LogP contribution in [0.5, 0.6) is 0 Å². The Bertz CT molecular complexity index is 393. The number of carbonyl (C=O) groups is 1. The van der Waals surface area contributed by atoms with Crippen molar-refractivity contribution in [1.29, 1.82) is 0 Å². The normalized spacial score (nSPS) is 10.5. The lowest BCUT2D eigenvalue weighted by atomic mass is 10.2. The minimum absolute atomic E-state index is 0.0636. The number of hydrogen-bond donors (Lipinski definition) is 2. The maximum atomic E-state index is 11.8. The summed E-state index contributed by atoms with van der Waals surface area (Å²) in [4.78, 5) is 18.0. The molecule has 1 heterocycles. The van der Waals surface area contributed by atoms with Gasteiger partial charge in [0.25, 0.3) is 5.91 Å². The van der Waals surface area contributed by atoms with E-state index in [1.807, 2.05) is 13.0 Å². The zero-order valence-electron chi connectivity index (χ0n) is 12.1. The molecule has 0 radical (unpaired) electrons. The first kappa shape index (κ1) is 15.4. The Kier molecular flexibility index (Phi) is 6.89. The molecule has 0 saturated heterocycles. The minimum Gasteiger partial charge on any atom is -0.384 e. The molecule has 19 heavy (non-hydrogen) atoms. The van der Waals surface area contributed by atoms with Crippen LogP contribution >= 0.6 is 0 Å². The van der Waals surface area contributed by atoms with Gasteiger partial charge < -0.3 is 15.5 Å². The molecule has 2 N–H and O–H groups in total. The summed E-state index contributed by atoms with van der Waals surface area (Å²) in [7, 11) is 4.11. The average molecular weight is 264 g/mol. The van der Waals surface area contributed by atoms with Gasteiger partial charge in [-0.1, -0.05) is 6.92 Å². The fourth-order valence-corrected chi connectivity index (χ4v) is 1.63. The van der Waals surface area contributed by atoms with Crippen LogP contribution in [0.4, 0.5) is 5.69 Å². The van der Waals surface area contributed by atoms with Crippen LogP contribution in [0.2, 0.25) is 0 Å². The zero-order valence-corrected chi connectivity index (χ0v) is 12.1. The van der Waals surface area contributed by atoms with Gasteiger partial charge in [0, 0.05) is 25.5 Å². The van der Waals surface area contributed by atoms with Crippen LogP contribution in [0, 0.1) is 0 Å². The summed E-state index contributed by atoms with van der Waals surface area (Å²) in [5.41, 5.74) is 1.49. The van der Waals surface area contributed by atoms with Crippen molar-refractivity contribution in [2.24, 2.45) is 0 Å². The predicted octanol–water partition coefficient (Wildman–Crippen LogP) is 1.58. The third-order valence-corrected chi connectivity index (χ3v) is 2.65. The predicted molar refractivity (Wildman–Crippen MR) is 78.5 cm³/mol. The maximum Gasteiger partial charge on any atom is 0.252 e. The molecule has 0 aliphatic rings. The highest BCUT2D eigenvalue weighted by Crippen LogP contribution is 2.08. The molecule has 0 aliphatic heterocycles. The van der Waals surface area contributed by atoms with E-state index in [0.29, 0.717) is 12.1 Å². The minimum atomic E-state index is -0.0636. The van der Waals surface area contributed by atoms with E-state index in [-0.39, 0.29) is 5.91 Å². The second-order valence-corrected chi connectivity index (χ2v) is 4.80. The Labute approximate surface area is 115 Å². The molecule has 5 nitrogen and oxygen atoms in total. The van der Waals surface area contributed by atoms with Crippen molar-refractivity contribution < 1.29 is 4.79 Å². The van der Waals surface area contributed by atoms with E-state index in [0.717, 1.165) is 31.6 Å². The Morgan fingerprint density at radius 1 is 1.32 bits per heavy atom. The van der Waals surface area contributed by atoms with Crippen molar-refractivity contribution in [3.8, 4) is 0 Å². The SMILES string of the molecule is CCCNC(=O)c1cncc(NCCCN(C)C)c1. The first-order valence-electron chi connectivity index (χ1n) is 6.75. The third-order valence-electron chi connectivity index (χ3n) is 2.65. The molecule has 1 rings (SSSR count). The van der Waals surface area contributed by atoms with E-state index in [2.05, 4.69) is 34.6 Å². The number of anilines is 1. The van der Waals surface area contributed by atoms with E-state index in [1.54, 1.807) is 12.4 Å². The van der Waals surface area contributed by atoms with Crippen LogP contribution in [0.1, 0.15) is 30.1 Å². The largest absolute Gasteiger partial charge is 0.384 e. The Balaban J connectivity index is 2.45. The van der Waals surface area contributed by atoms with Gasteiger partial charge in [-0.05, 0) is 39.5 Å². The molecule has 5 heteroatoms. The highest BCUT2D eigenvalue weighted by atomic mass is 16.1. The zero-order chi connectivity index (χ0) is 14.1. The van der Waals surface area contributed by atoms with E-state index < -0.39 is 0 Å². The second-order valence-electron chi connectivity index (χ2n) is 4.80. The highest BCUT2D eigenvalue weighted by Gasteiger charge is 2.05. The number of rotatable bonds is 8. The molecule has 0 bridgehead atoms. The summed E-state index contributed by atoms with van der Waals surface area (Å²) in [5, 5.41) is 6.13. The molecule has 0 aromatic carbocycles. The van der Waals surface area contributed by atoms with Gasteiger partial charge in [0.1, 0.15) is 0 Å². The summed E-state index contributed by atoms with van der Waals surface area (Å²) in [6.07, 6.45) is 5.32. The second kappa shape index (κ2) is 8.48. The quantitative estimate of drug-likeness (QED) is 0.700. The molecular formula is C14H24N4O. The lowest BCUT2D eigenvalue weighted by molar-refractivity contribution is 0.0953. The molecule has 1 aromatic rings. The van der Waals surface area contributed by atoms with Crippen LogP contribution in [0.15, 0.2) is 18.5 Å². The molecule has 0 saturated carbocycles. The topological polar surface area (TPSA) is 57.3 Å². The number of nitrogens with zero attached hydrogens (tertiary/aromatic N) is 2. The van der Waals surface area contributed by atoms with Crippen LogP contribution in [0.3, 0.4) is 0 Å². The van der Waals surface area contributed by atoms with Gasteiger partial charge >= 0.3 is 0 Å². The first-order valence-corrected chi connectivity index (χ1v) is 6.75. The highest BCUT2D eigenvalue weighted by molar-refractivity contribution is 5.94. The summed E-state index contributed by atoms with van der Waals surface area (Å²) in [5.74, 6) is -0.0636. The van der Waals surface area contributed by atoms with Gasteiger partial charge in [-0.25, -0.2) is 0 Å². The molecule has 1 aromatic heterocycles. The first-order chi connectivity index (χ1) is 9.13. The smallest absolute Gasteiger partial charge is 0.252 e. The van der Waals surface area contributed by atoms with Gasteiger partial charge in [-0.2, -0.15) is 0 Å². The van der Waals surface area contributed by atoms with Crippen LogP contribution in [0.25, 0.3) is 0 Å². The molecule has 0 fully saturated rings. The number of carbonyl (C=O) groups excluding carboxylic acids is 1. The van der Waals surface area contributed by atoms with E-state index in [9.17, 15) is 4.79 Å². The fourth-order valence-electron chi connectivity index (χ4n) is 1.63. The van der Waals surface area contributed by atoms with Gasteiger partial charge in [0.2, 0.25) is 0 Å². The molecular weight excluding hydrogens is 240 g/mol. The average Bonchev–Trinajstić information content (AvgIpc) is 2.41. The number of amides is 1. The monoisotopic (exact) mass is 264 g/mol. The van der Waals surface area contributed by atoms with Crippen molar-refractivity contribution >= 4 is 11.6 Å². The van der Waals surface area contributed by atoms with Crippen molar-refractivity contribution in [3.63, 3.8) is 0 Å². The Morgan fingerprint density at radius 2 is 2.11 bits per heavy atom. The van der Waals surface area contributed by atoms with Gasteiger partial charge in [-0.15, -0.1) is 0 Å². The van der Waals surface area contributed by atoms with Crippen molar-refractivity contribution in [3.05, 3.63) is 24.0 Å². The molecule has 0 atom stereocenters. The Morgan fingerprint density at radius 3 is 2.79 bits per heavy atom. The lowest BCUT2D eigenvalue weighted by Gasteiger charge is -2.11. The van der Waals surface area contributed by atoms with Crippen molar-refractivity contribution in [2.75, 3.05) is 39.0 Å². The van der Waals surface area contributed by atoms with E-state index >= 15 is 0 Å². The molecule has 0 unspecified atom stereocenters. The standard InChI is InChI=1S/C14H24N4O/c1-4-6-17-14(19)12-9-13(11-15-10-12)16-7-5-8-18(2)3/h9-11,16H,4-8H2,1-3H3,(H,17,19). The summed E-state index contributed by atoms with van der Waals surface area (Å²) < 4.78 is 0.